The fraction of sp³-hybridized carbons (Fsp3) is 0.300. The number of carbonyl (C=O) groups is 2. The molecule has 1 amide bonds. The maximum atomic E-state index is 13.0. The zero-order chi connectivity index (χ0) is 17.3. The van der Waals surface area contributed by atoms with E-state index in [-0.39, 0.29) is 11.7 Å². The minimum absolute atomic E-state index is 0.117. The SMILES string of the molecule is COc1ccccc1N1CC[C@@](C)(C(=O)c2cccc(C)c2)C1=O. The van der Waals surface area contributed by atoms with Gasteiger partial charge >= 0.3 is 0 Å². The Morgan fingerprint density at radius 3 is 2.62 bits per heavy atom. The van der Waals surface area contributed by atoms with Crippen LogP contribution >= 0.6 is 0 Å². The van der Waals surface area contributed by atoms with Gasteiger partial charge in [0.1, 0.15) is 11.2 Å². The van der Waals surface area contributed by atoms with Gasteiger partial charge in [-0.25, -0.2) is 0 Å². The minimum atomic E-state index is -1.03. The second-order valence-corrected chi connectivity index (χ2v) is 6.41. The Balaban J connectivity index is 1.94. The number of nitrogens with zero attached hydrogens (tertiary/aromatic N) is 1. The number of ketones is 1. The first kappa shape index (κ1) is 16.2. The van der Waals surface area contributed by atoms with Crippen molar-refractivity contribution in [1.82, 2.24) is 0 Å². The Morgan fingerprint density at radius 2 is 1.92 bits per heavy atom. The van der Waals surface area contributed by atoms with Crippen LogP contribution in [0.4, 0.5) is 5.69 Å². The summed E-state index contributed by atoms with van der Waals surface area (Å²) in [5.74, 6) is 0.352. The van der Waals surface area contributed by atoms with Crippen molar-refractivity contribution in [3.63, 3.8) is 0 Å². The average molecular weight is 323 g/mol. The first-order valence-corrected chi connectivity index (χ1v) is 8.04. The molecule has 1 aliphatic heterocycles. The normalized spacial score (nSPS) is 20.3. The number of hydrogen-bond donors (Lipinski definition) is 0. The number of aryl methyl sites for hydroxylation is 1. The molecule has 1 fully saturated rings. The summed E-state index contributed by atoms with van der Waals surface area (Å²) in [6, 6.07) is 14.8. The molecule has 1 saturated heterocycles. The Hall–Kier alpha value is -2.62. The Labute approximate surface area is 142 Å². The van der Waals surface area contributed by atoms with Crippen LogP contribution in [0.3, 0.4) is 0 Å². The highest BCUT2D eigenvalue weighted by Crippen LogP contribution is 2.40. The second kappa shape index (κ2) is 6.11. The van der Waals surface area contributed by atoms with E-state index >= 15 is 0 Å². The van der Waals surface area contributed by atoms with Crippen molar-refractivity contribution >= 4 is 17.4 Å². The van der Waals surface area contributed by atoms with Gasteiger partial charge in [-0.2, -0.15) is 0 Å². The monoisotopic (exact) mass is 323 g/mol. The molecule has 4 heteroatoms. The van der Waals surface area contributed by atoms with Gasteiger partial charge in [-0.05, 0) is 38.5 Å². The van der Waals surface area contributed by atoms with Crippen LogP contribution < -0.4 is 9.64 Å². The predicted molar refractivity (Wildman–Crippen MR) is 93.6 cm³/mol. The lowest BCUT2D eigenvalue weighted by molar-refractivity contribution is -0.122. The first-order chi connectivity index (χ1) is 11.5. The van der Waals surface area contributed by atoms with Crippen LogP contribution in [0, 0.1) is 12.3 Å². The number of amides is 1. The molecule has 124 valence electrons. The van der Waals surface area contributed by atoms with Crippen molar-refractivity contribution < 1.29 is 14.3 Å². The van der Waals surface area contributed by atoms with Crippen LogP contribution in [0.1, 0.15) is 29.3 Å². The smallest absolute Gasteiger partial charge is 0.240 e. The number of carbonyl (C=O) groups excluding carboxylic acids is 2. The zero-order valence-electron chi connectivity index (χ0n) is 14.2. The quantitative estimate of drug-likeness (QED) is 0.637. The van der Waals surface area contributed by atoms with E-state index in [1.54, 1.807) is 25.0 Å². The summed E-state index contributed by atoms with van der Waals surface area (Å²) in [5, 5.41) is 0. The summed E-state index contributed by atoms with van der Waals surface area (Å²) in [4.78, 5) is 27.7. The summed E-state index contributed by atoms with van der Waals surface area (Å²) in [6.07, 6.45) is 0.497. The van der Waals surface area contributed by atoms with Crippen molar-refractivity contribution in [3.05, 3.63) is 59.7 Å². The van der Waals surface area contributed by atoms with Gasteiger partial charge in [0.25, 0.3) is 0 Å². The average Bonchev–Trinajstić information content (AvgIpc) is 2.90. The molecule has 0 aromatic heterocycles. The van der Waals surface area contributed by atoms with Crippen LogP contribution in [0.2, 0.25) is 0 Å². The Morgan fingerprint density at radius 1 is 1.17 bits per heavy atom. The number of Topliss-reactive ketones (excluding diaryl/α,β-unsaturated/α-hetero) is 1. The maximum absolute atomic E-state index is 13.0. The molecule has 0 aliphatic carbocycles. The van der Waals surface area contributed by atoms with E-state index in [0.29, 0.717) is 30.0 Å². The number of rotatable bonds is 4. The molecule has 0 spiro atoms. The largest absolute Gasteiger partial charge is 0.495 e. The van der Waals surface area contributed by atoms with Gasteiger partial charge in [-0.1, -0.05) is 35.9 Å². The molecule has 24 heavy (non-hydrogen) atoms. The van der Waals surface area contributed by atoms with Crippen LogP contribution in [0.5, 0.6) is 5.75 Å². The minimum Gasteiger partial charge on any atom is -0.495 e. The summed E-state index contributed by atoms with van der Waals surface area (Å²) in [6.45, 7) is 4.19. The summed E-state index contributed by atoms with van der Waals surface area (Å²) in [7, 11) is 1.58. The third kappa shape index (κ3) is 2.58. The molecule has 2 aromatic carbocycles. The molecular formula is C20H21NO3. The summed E-state index contributed by atoms with van der Waals surface area (Å²) < 4.78 is 5.36. The highest BCUT2D eigenvalue weighted by Gasteiger charge is 2.49. The van der Waals surface area contributed by atoms with E-state index in [9.17, 15) is 9.59 Å². The molecule has 1 aliphatic rings. The molecule has 1 heterocycles. The number of hydrogen-bond acceptors (Lipinski definition) is 3. The molecule has 0 bridgehead atoms. The second-order valence-electron chi connectivity index (χ2n) is 6.41. The summed E-state index contributed by atoms with van der Waals surface area (Å²) in [5.41, 5.74) is 1.28. The molecule has 0 N–H and O–H groups in total. The van der Waals surface area contributed by atoms with E-state index in [4.69, 9.17) is 4.74 Å². The van der Waals surface area contributed by atoms with E-state index in [1.807, 2.05) is 49.4 Å². The number of para-hydroxylation sites is 2. The zero-order valence-corrected chi connectivity index (χ0v) is 14.2. The maximum Gasteiger partial charge on any atom is 0.240 e. The lowest BCUT2D eigenvalue weighted by Gasteiger charge is -2.23. The number of methoxy groups -OCH3 is 1. The molecule has 0 unspecified atom stereocenters. The van der Waals surface area contributed by atoms with Crippen molar-refractivity contribution in [2.45, 2.75) is 20.3 Å². The van der Waals surface area contributed by atoms with E-state index in [0.717, 1.165) is 5.56 Å². The topological polar surface area (TPSA) is 46.6 Å². The highest BCUT2D eigenvalue weighted by atomic mass is 16.5. The van der Waals surface area contributed by atoms with Gasteiger partial charge < -0.3 is 9.64 Å². The van der Waals surface area contributed by atoms with Crippen LogP contribution in [0.25, 0.3) is 0 Å². The number of anilines is 1. The van der Waals surface area contributed by atoms with Gasteiger partial charge in [0.15, 0.2) is 5.78 Å². The van der Waals surface area contributed by atoms with E-state index < -0.39 is 5.41 Å². The van der Waals surface area contributed by atoms with E-state index in [2.05, 4.69) is 0 Å². The van der Waals surface area contributed by atoms with Crippen LogP contribution in [0.15, 0.2) is 48.5 Å². The fourth-order valence-corrected chi connectivity index (χ4v) is 3.24. The lowest BCUT2D eigenvalue weighted by atomic mass is 9.80. The van der Waals surface area contributed by atoms with Crippen molar-refractivity contribution in [1.29, 1.82) is 0 Å². The third-order valence-electron chi connectivity index (χ3n) is 4.71. The molecule has 0 saturated carbocycles. The Bertz CT molecular complexity index is 799. The number of ether oxygens (including phenoxy) is 1. The predicted octanol–water partition coefficient (Wildman–Crippen LogP) is 3.63. The highest BCUT2D eigenvalue weighted by molar-refractivity contribution is 6.19. The standard InChI is InChI=1S/C20H21NO3/c1-14-7-6-8-15(13-14)18(22)20(2)11-12-21(19(20)23)16-9-4-5-10-17(16)24-3/h4-10,13H,11-12H2,1-3H3/t20-/m0/s1. The lowest BCUT2D eigenvalue weighted by Crippen LogP contribution is -2.38. The van der Waals surface area contributed by atoms with Gasteiger partial charge in [0, 0.05) is 12.1 Å². The number of benzene rings is 2. The van der Waals surface area contributed by atoms with Crippen molar-refractivity contribution in [2.24, 2.45) is 5.41 Å². The van der Waals surface area contributed by atoms with Crippen LogP contribution in [-0.4, -0.2) is 25.3 Å². The Kier molecular flexibility index (Phi) is 4.14. The van der Waals surface area contributed by atoms with Gasteiger partial charge in [0.05, 0.1) is 12.8 Å². The fourth-order valence-electron chi connectivity index (χ4n) is 3.24. The third-order valence-corrected chi connectivity index (χ3v) is 4.71. The molecule has 3 rings (SSSR count). The van der Waals surface area contributed by atoms with Gasteiger partial charge in [-0.3, -0.25) is 9.59 Å². The molecule has 1 atom stereocenters. The van der Waals surface area contributed by atoms with E-state index in [1.165, 1.54) is 0 Å². The molecule has 0 radical (unpaired) electrons. The van der Waals surface area contributed by atoms with Crippen molar-refractivity contribution in [2.75, 3.05) is 18.6 Å². The molecular weight excluding hydrogens is 302 g/mol. The van der Waals surface area contributed by atoms with Gasteiger partial charge in [-0.15, -0.1) is 0 Å². The molecule has 2 aromatic rings. The summed E-state index contributed by atoms with van der Waals surface area (Å²) >= 11 is 0. The first-order valence-electron chi connectivity index (χ1n) is 8.04. The van der Waals surface area contributed by atoms with Gasteiger partial charge in [0.2, 0.25) is 5.91 Å². The van der Waals surface area contributed by atoms with Crippen molar-refractivity contribution in [3.8, 4) is 5.75 Å². The van der Waals surface area contributed by atoms with Crippen LogP contribution in [-0.2, 0) is 4.79 Å². The molecule has 4 nitrogen and oxygen atoms in total.